The van der Waals surface area contributed by atoms with Crippen molar-refractivity contribution in [2.45, 2.75) is 32.4 Å². The van der Waals surface area contributed by atoms with Crippen LogP contribution in [0.25, 0.3) is 0 Å². The Balaban J connectivity index is 0.00000242. The van der Waals surface area contributed by atoms with Gasteiger partial charge >= 0.3 is 0 Å². The number of morpholine rings is 1. The molecule has 0 aromatic carbocycles. The number of halogens is 2. The summed E-state index contributed by atoms with van der Waals surface area (Å²) in [6.07, 6.45) is 0.598. The summed E-state index contributed by atoms with van der Waals surface area (Å²) < 4.78 is 5.42. The molecular weight excluding hydrogens is 357 g/mol. The van der Waals surface area contributed by atoms with Crippen LogP contribution in [-0.4, -0.2) is 73.8 Å². The molecule has 2 unspecified atom stereocenters. The molecule has 0 aromatic heterocycles. The van der Waals surface area contributed by atoms with Gasteiger partial charge in [-0.2, -0.15) is 11.8 Å². The van der Waals surface area contributed by atoms with Gasteiger partial charge in [0.05, 0.1) is 13.2 Å². The summed E-state index contributed by atoms with van der Waals surface area (Å²) >= 11 is 1.93. The van der Waals surface area contributed by atoms with Crippen molar-refractivity contribution in [1.82, 2.24) is 15.5 Å². The van der Waals surface area contributed by atoms with Crippen molar-refractivity contribution in [2.24, 2.45) is 5.92 Å². The largest absolute Gasteiger partial charge is 0.379 e. The molecule has 2 N–H and O–H groups in total. The van der Waals surface area contributed by atoms with Crippen molar-refractivity contribution in [2.75, 3.05) is 50.9 Å². The van der Waals surface area contributed by atoms with E-state index in [2.05, 4.69) is 29.4 Å². The first kappa shape index (κ1) is 23.3. The maximum absolute atomic E-state index is 12.1. The van der Waals surface area contributed by atoms with Crippen LogP contribution in [0.5, 0.6) is 0 Å². The average molecular weight is 388 g/mol. The fourth-order valence-corrected chi connectivity index (χ4v) is 3.91. The summed E-state index contributed by atoms with van der Waals surface area (Å²) in [4.78, 5) is 14.6. The smallest absolute Gasteiger partial charge is 0.221 e. The second-order valence-electron chi connectivity index (χ2n) is 6.19. The first-order valence-electron chi connectivity index (χ1n) is 8.06. The third-order valence-corrected chi connectivity index (χ3v) is 5.35. The molecule has 0 radical (unpaired) electrons. The Hall–Kier alpha value is 0.280. The molecule has 2 fully saturated rings. The number of rotatable bonds is 6. The van der Waals surface area contributed by atoms with Crippen molar-refractivity contribution in [3.8, 4) is 0 Å². The lowest BCUT2D eigenvalue weighted by Crippen LogP contribution is -2.51. The van der Waals surface area contributed by atoms with E-state index in [1.807, 2.05) is 11.8 Å². The highest BCUT2D eigenvalue weighted by Gasteiger charge is 2.24. The molecule has 138 valence electrons. The molecule has 0 bridgehead atoms. The molecule has 2 saturated heterocycles. The van der Waals surface area contributed by atoms with Crippen molar-refractivity contribution in [3.63, 3.8) is 0 Å². The third-order valence-electron chi connectivity index (χ3n) is 4.22. The lowest BCUT2D eigenvalue weighted by molar-refractivity contribution is -0.121. The lowest BCUT2D eigenvalue weighted by atomic mass is 10.0. The topological polar surface area (TPSA) is 53.6 Å². The first-order valence-corrected chi connectivity index (χ1v) is 9.22. The van der Waals surface area contributed by atoms with E-state index in [4.69, 9.17) is 4.74 Å². The molecule has 23 heavy (non-hydrogen) atoms. The number of hydrogen-bond donors (Lipinski definition) is 2. The molecule has 2 atom stereocenters. The summed E-state index contributed by atoms with van der Waals surface area (Å²) in [6.45, 7) is 9.78. The van der Waals surface area contributed by atoms with Gasteiger partial charge in [-0.05, 0) is 5.92 Å². The summed E-state index contributed by atoms with van der Waals surface area (Å²) in [5, 5.41) is 6.55. The van der Waals surface area contributed by atoms with Crippen LogP contribution in [0.15, 0.2) is 0 Å². The van der Waals surface area contributed by atoms with Crippen molar-refractivity contribution < 1.29 is 9.53 Å². The molecule has 5 nitrogen and oxygen atoms in total. The molecule has 1 amide bonds. The van der Waals surface area contributed by atoms with Gasteiger partial charge in [0.25, 0.3) is 0 Å². The van der Waals surface area contributed by atoms with Gasteiger partial charge in [-0.15, -0.1) is 24.8 Å². The van der Waals surface area contributed by atoms with E-state index >= 15 is 0 Å². The van der Waals surface area contributed by atoms with Crippen LogP contribution < -0.4 is 10.6 Å². The molecule has 0 aliphatic carbocycles. The Bertz CT molecular complexity index is 326. The van der Waals surface area contributed by atoms with E-state index in [0.29, 0.717) is 24.4 Å². The Morgan fingerprint density at radius 1 is 1.35 bits per heavy atom. The van der Waals surface area contributed by atoms with Gasteiger partial charge in [-0.3, -0.25) is 9.69 Å². The van der Waals surface area contributed by atoms with Crippen LogP contribution in [0, 0.1) is 5.92 Å². The highest BCUT2D eigenvalue weighted by atomic mass is 35.5. The molecule has 0 aromatic rings. The van der Waals surface area contributed by atoms with Gasteiger partial charge in [0.2, 0.25) is 5.91 Å². The average Bonchev–Trinajstić information content (AvgIpc) is 2.49. The van der Waals surface area contributed by atoms with E-state index in [1.165, 1.54) is 0 Å². The Morgan fingerprint density at radius 3 is 2.61 bits per heavy atom. The van der Waals surface area contributed by atoms with Crippen LogP contribution >= 0.6 is 36.6 Å². The molecule has 2 aliphatic heterocycles. The second kappa shape index (κ2) is 12.6. The van der Waals surface area contributed by atoms with Gasteiger partial charge in [-0.25, -0.2) is 0 Å². The number of hydrogen-bond acceptors (Lipinski definition) is 5. The maximum Gasteiger partial charge on any atom is 0.221 e. The summed E-state index contributed by atoms with van der Waals surface area (Å²) in [6, 6.07) is 0.746. The Morgan fingerprint density at radius 2 is 2.04 bits per heavy atom. The highest BCUT2D eigenvalue weighted by molar-refractivity contribution is 7.99. The highest BCUT2D eigenvalue weighted by Crippen LogP contribution is 2.13. The number of carbonyl (C=O) groups excluding carboxylic acids is 1. The van der Waals surface area contributed by atoms with Crippen LogP contribution in [0.4, 0.5) is 0 Å². The minimum Gasteiger partial charge on any atom is -0.379 e. The van der Waals surface area contributed by atoms with Crippen LogP contribution in [0.1, 0.15) is 20.3 Å². The molecule has 2 heterocycles. The van der Waals surface area contributed by atoms with E-state index in [-0.39, 0.29) is 30.7 Å². The number of nitrogens with one attached hydrogen (secondary N) is 2. The molecule has 0 spiro atoms. The SMILES string of the molecule is CC(C)C(CNC(=O)CC1CSCCN1)N1CCOCC1.Cl.Cl. The van der Waals surface area contributed by atoms with Gasteiger partial charge < -0.3 is 15.4 Å². The first-order chi connectivity index (χ1) is 10.2. The number of amides is 1. The van der Waals surface area contributed by atoms with E-state index in [1.54, 1.807) is 0 Å². The predicted molar refractivity (Wildman–Crippen MR) is 102 cm³/mol. The summed E-state index contributed by atoms with van der Waals surface area (Å²) in [7, 11) is 0. The summed E-state index contributed by atoms with van der Waals surface area (Å²) in [5.41, 5.74) is 0. The molecule has 2 aliphatic rings. The minimum atomic E-state index is 0. The van der Waals surface area contributed by atoms with Gasteiger partial charge in [0.15, 0.2) is 0 Å². The minimum absolute atomic E-state index is 0. The lowest BCUT2D eigenvalue weighted by Gasteiger charge is -2.37. The number of nitrogens with zero attached hydrogens (tertiary/aromatic N) is 1. The maximum atomic E-state index is 12.1. The number of thioether (sulfide) groups is 1. The fourth-order valence-electron chi connectivity index (χ4n) is 2.96. The molecular formula is C15H31Cl2N3O2S. The Kier molecular flexibility index (Phi) is 12.8. The number of carbonyl (C=O) groups is 1. The zero-order chi connectivity index (χ0) is 15.1. The standard InChI is InChI=1S/C15H29N3O2S.2ClH/c1-12(2)14(18-4-6-20-7-5-18)10-17-15(19)9-13-11-21-8-3-16-13;;/h12-14,16H,3-11H2,1-2H3,(H,17,19);2*1H. The van der Waals surface area contributed by atoms with E-state index < -0.39 is 0 Å². The summed E-state index contributed by atoms with van der Waals surface area (Å²) in [5.74, 6) is 2.91. The van der Waals surface area contributed by atoms with Gasteiger partial charge in [0, 0.05) is 56.2 Å². The normalized spacial score (nSPS) is 23.5. The van der Waals surface area contributed by atoms with Gasteiger partial charge in [0.1, 0.15) is 0 Å². The zero-order valence-corrected chi connectivity index (χ0v) is 16.5. The van der Waals surface area contributed by atoms with E-state index in [0.717, 1.165) is 50.9 Å². The third kappa shape index (κ3) is 8.27. The molecule has 0 saturated carbocycles. The van der Waals surface area contributed by atoms with Crippen LogP contribution in [0.2, 0.25) is 0 Å². The second-order valence-corrected chi connectivity index (χ2v) is 7.34. The quantitative estimate of drug-likeness (QED) is 0.721. The van der Waals surface area contributed by atoms with Crippen molar-refractivity contribution >= 4 is 42.5 Å². The Labute approximate surface area is 156 Å². The van der Waals surface area contributed by atoms with Gasteiger partial charge in [-0.1, -0.05) is 13.8 Å². The van der Waals surface area contributed by atoms with Crippen molar-refractivity contribution in [3.05, 3.63) is 0 Å². The molecule has 2 rings (SSSR count). The zero-order valence-electron chi connectivity index (χ0n) is 14.1. The monoisotopic (exact) mass is 387 g/mol. The predicted octanol–water partition coefficient (Wildman–Crippen LogP) is 1.40. The number of ether oxygens (including phenoxy) is 1. The van der Waals surface area contributed by atoms with Crippen LogP contribution in [-0.2, 0) is 9.53 Å². The van der Waals surface area contributed by atoms with Crippen LogP contribution in [0.3, 0.4) is 0 Å². The fraction of sp³-hybridized carbons (Fsp3) is 0.933. The molecule has 8 heteroatoms. The van der Waals surface area contributed by atoms with Crippen molar-refractivity contribution in [1.29, 1.82) is 0 Å². The van der Waals surface area contributed by atoms with E-state index in [9.17, 15) is 4.79 Å².